The summed E-state index contributed by atoms with van der Waals surface area (Å²) in [6.45, 7) is 2.69. The summed E-state index contributed by atoms with van der Waals surface area (Å²) < 4.78 is 20.8. The summed E-state index contributed by atoms with van der Waals surface area (Å²) in [5.74, 6) is 1.95. The van der Waals surface area contributed by atoms with Crippen molar-refractivity contribution in [1.82, 2.24) is 19.4 Å². The highest BCUT2D eigenvalue weighted by Crippen LogP contribution is 2.26. The molecule has 0 radical (unpaired) electrons. The van der Waals surface area contributed by atoms with Gasteiger partial charge in [0.15, 0.2) is 0 Å². The van der Waals surface area contributed by atoms with Crippen LogP contribution in [0.25, 0.3) is 16.9 Å². The van der Waals surface area contributed by atoms with Gasteiger partial charge >= 0.3 is 0 Å². The molecule has 4 aromatic rings. The van der Waals surface area contributed by atoms with Gasteiger partial charge in [-0.15, -0.1) is 0 Å². The number of pyridine rings is 1. The van der Waals surface area contributed by atoms with Crippen molar-refractivity contribution in [3.63, 3.8) is 0 Å². The lowest BCUT2D eigenvalue weighted by Crippen LogP contribution is -2.49. The summed E-state index contributed by atoms with van der Waals surface area (Å²) >= 11 is 0. The van der Waals surface area contributed by atoms with Gasteiger partial charge in [0, 0.05) is 49.8 Å². The van der Waals surface area contributed by atoms with Gasteiger partial charge in [-0.3, -0.25) is 4.79 Å². The van der Waals surface area contributed by atoms with Gasteiger partial charge in [0.2, 0.25) is 5.91 Å². The molecule has 0 atom stereocenters. The van der Waals surface area contributed by atoms with E-state index in [2.05, 4.69) is 9.88 Å². The maximum atomic E-state index is 13.6. The van der Waals surface area contributed by atoms with E-state index in [4.69, 9.17) is 9.72 Å². The van der Waals surface area contributed by atoms with Crippen molar-refractivity contribution in [2.24, 2.45) is 0 Å². The number of benzene rings is 2. The zero-order valence-corrected chi connectivity index (χ0v) is 19.5. The van der Waals surface area contributed by atoms with Crippen LogP contribution in [0, 0.1) is 5.82 Å². The Morgan fingerprint density at radius 1 is 1.00 bits per heavy atom. The summed E-state index contributed by atoms with van der Waals surface area (Å²) in [6, 6.07) is 19.6. The molecular weight excluding hydrogens is 445 g/mol. The number of anilines is 1. The predicted molar refractivity (Wildman–Crippen MR) is 132 cm³/mol. The van der Waals surface area contributed by atoms with E-state index in [0.717, 1.165) is 41.6 Å². The van der Waals surface area contributed by atoms with Crippen molar-refractivity contribution in [3.8, 4) is 22.7 Å². The van der Waals surface area contributed by atoms with Crippen LogP contribution in [0.1, 0.15) is 5.82 Å². The molecule has 2 aromatic heterocycles. The number of rotatable bonds is 6. The molecule has 1 aliphatic rings. The molecule has 8 heteroatoms. The molecule has 0 aliphatic carbocycles. The van der Waals surface area contributed by atoms with Crippen LogP contribution in [-0.4, -0.2) is 58.6 Å². The van der Waals surface area contributed by atoms with Crippen molar-refractivity contribution < 1.29 is 13.9 Å². The number of hydrogen-bond donors (Lipinski definition) is 0. The number of methoxy groups -OCH3 is 1. The van der Waals surface area contributed by atoms with Crippen LogP contribution in [0.15, 0.2) is 79.1 Å². The normalized spacial score (nSPS) is 13.7. The Morgan fingerprint density at radius 3 is 2.51 bits per heavy atom. The molecule has 0 unspecified atom stereocenters. The minimum absolute atomic E-state index is 0.0109. The van der Waals surface area contributed by atoms with Crippen LogP contribution in [0.2, 0.25) is 0 Å². The third-order valence-corrected chi connectivity index (χ3v) is 6.16. The van der Waals surface area contributed by atoms with Gasteiger partial charge in [0.25, 0.3) is 0 Å². The number of carbonyl (C=O) groups is 1. The maximum absolute atomic E-state index is 13.6. The highest BCUT2D eigenvalue weighted by atomic mass is 19.1. The van der Waals surface area contributed by atoms with Gasteiger partial charge in [-0.1, -0.05) is 18.2 Å². The lowest BCUT2D eigenvalue weighted by Gasteiger charge is -2.35. The Labute approximate surface area is 203 Å². The van der Waals surface area contributed by atoms with Crippen molar-refractivity contribution in [3.05, 3.63) is 90.8 Å². The highest BCUT2D eigenvalue weighted by Gasteiger charge is 2.24. The zero-order valence-electron chi connectivity index (χ0n) is 19.5. The van der Waals surface area contributed by atoms with Crippen molar-refractivity contribution in [2.45, 2.75) is 6.42 Å². The Kier molecular flexibility index (Phi) is 6.43. The Morgan fingerprint density at radius 2 is 1.80 bits per heavy atom. The second-order valence-corrected chi connectivity index (χ2v) is 8.35. The molecule has 0 spiro atoms. The first kappa shape index (κ1) is 22.6. The average Bonchev–Trinajstić information content (AvgIpc) is 3.33. The molecule has 0 bridgehead atoms. The van der Waals surface area contributed by atoms with Gasteiger partial charge in [-0.05, 0) is 48.5 Å². The third-order valence-electron chi connectivity index (χ3n) is 6.16. The summed E-state index contributed by atoms with van der Waals surface area (Å²) in [4.78, 5) is 26.5. The van der Waals surface area contributed by atoms with E-state index in [-0.39, 0.29) is 18.1 Å². The fraction of sp³-hybridized carbons (Fsp3) is 0.222. The molecule has 1 fully saturated rings. The number of ether oxygens (including phenoxy) is 1. The molecular formula is C27H26FN5O2. The van der Waals surface area contributed by atoms with Crippen LogP contribution in [0.5, 0.6) is 5.75 Å². The third kappa shape index (κ3) is 5.01. The summed E-state index contributed by atoms with van der Waals surface area (Å²) in [5.41, 5.74) is 2.34. The van der Waals surface area contributed by atoms with Crippen molar-refractivity contribution in [1.29, 1.82) is 0 Å². The maximum Gasteiger partial charge on any atom is 0.230 e. The van der Waals surface area contributed by atoms with E-state index in [1.807, 2.05) is 58.1 Å². The molecule has 0 saturated carbocycles. The zero-order chi connectivity index (χ0) is 24.2. The van der Waals surface area contributed by atoms with Gasteiger partial charge in [0.05, 0.1) is 19.2 Å². The fourth-order valence-corrected chi connectivity index (χ4v) is 4.26. The molecule has 1 aliphatic heterocycles. The number of piperazine rings is 1. The largest absolute Gasteiger partial charge is 0.497 e. The van der Waals surface area contributed by atoms with E-state index >= 15 is 0 Å². The van der Waals surface area contributed by atoms with Crippen LogP contribution in [0.3, 0.4) is 0 Å². The summed E-state index contributed by atoms with van der Waals surface area (Å²) in [7, 11) is 1.62. The van der Waals surface area contributed by atoms with E-state index < -0.39 is 0 Å². The molecule has 178 valence electrons. The molecule has 1 amide bonds. The standard InChI is InChI=1S/C27H26FN5O2/c1-35-23-6-4-5-20(17-23)24-19-33(22-10-8-21(28)9-11-22)26(30-24)18-27(34)32-15-13-31(14-16-32)25-7-2-3-12-29-25/h2-12,17,19H,13-16,18H2,1H3. The SMILES string of the molecule is COc1cccc(-c2cn(-c3ccc(F)cc3)c(CC(=O)N3CCN(c4ccccn4)CC3)n2)c1. The number of imidazole rings is 1. The number of carbonyl (C=O) groups excluding carboxylic acids is 1. The Bertz CT molecular complexity index is 1300. The number of amides is 1. The first-order chi connectivity index (χ1) is 17.1. The van der Waals surface area contributed by atoms with Gasteiger partial charge in [0.1, 0.15) is 23.2 Å². The molecule has 0 N–H and O–H groups in total. The van der Waals surface area contributed by atoms with Gasteiger partial charge < -0.3 is 19.1 Å². The molecule has 3 heterocycles. The van der Waals surface area contributed by atoms with Gasteiger partial charge in [-0.2, -0.15) is 0 Å². The van der Waals surface area contributed by atoms with E-state index in [0.29, 0.717) is 18.9 Å². The van der Waals surface area contributed by atoms with Crippen molar-refractivity contribution in [2.75, 3.05) is 38.2 Å². The predicted octanol–water partition coefficient (Wildman–Crippen LogP) is 3.97. The fourth-order valence-electron chi connectivity index (χ4n) is 4.26. The lowest BCUT2D eigenvalue weighted by atomic mass is 10.1. The topological polar surface area (TPSA) is 63.5 Å². The monoisotopic (exact) mass is 471 g/mol. The van der Waals surface area contributed by atoms with Crippen LogP contribution in [-0.2, 0) is 11.2 Å². The molecule has 2 aromatic carbocycles. The molecule has 35 heavy (non-hydrogen) atoms. The Hall–Kier alpha value is -4.20. The molecule has 5 rings (SSSR count). The second-order valence-electron chi connectivity index (χ2n) is 8.35. The second kappa shape index (κ2) is 9.97. The number of aromatic nitrogens is 3. The van der Waals surface area contributed by atoms with Crippen LogP contribution in [0.4, 0.5) is 10.2 Å². The first-order valence-corrected chi connectivity index (χ1v) is 11.5. The minimum Gasteiger partial charge on any atom is -0.497 e. The highest BCUT2D eigenvalue weighted by molar-refractivity contribution is 5.79. The van der Waals surface area contributed by atoms with E-state index in [1.165, 1.54) is 12.1 Å². The van der Waals surface area contributed by atoms with Crippen LogP contribution < -0.4 is 9.64 Å². The Balaban J connectivity index is 1.37. The number of nitrogens with zero attached hydrogens (tertiary/aromatic N) is 5. The number of hydrogen-bond acceptors (Lipinski definition) is 5. The number of halogens is 1. The van der Waals surface area contributed by atoms with Gasteiger partial charge in [-0.25, -0.2) is 14.4 Å². The lowest BCUT2D eigenvalue weighted by molar-refractivity contribution is -0.130. The summed E-state index contributed by atoms with van der Waals surface area (Å²) in [6.07, 6.45) is 3.80. The van der Waals surface area contributed by atoms with Crippen molar-refractivity contribution >= 4 is 11.7 Å². The molecule has 7 nitrogen and oxygen atoms in total. The minimum atomic E-state index is -0.315. The van der Waals surface area contributed by atoms with Crippen LogP contribution >= 0.6 is 0 Å². The van der Waals surface area contributed by atoms with E-state index in [9.17, 15) is 9.18 Å². The first-order valence-electron chi connectivity index (χ1n) is 11.5. The van der Waals surface area contributed by atoms with E-state index in [1.54, 1.807) is 25.4 Å². The smallest absolute Gasteiger partial charge is 0.230 e. The average molecular weight is 472 g/mol. The summed E-state index contributed by atoms with van der Waals surface area (Å²) in [5, 5.41) is 0. The quantitative estimate of drug-likeness (QED) is 0.426. The molecule has 1 saturated heterocycles.